The third-order valence-electron chi connectivity index (χ3n) is 8.56. The third-order valence-corrected chi connectivity index (χ3v) is 8.56. The number of furan rings is 1. The quantitative estimate of drug-likeness (QED) is 0.475. The van der Waals surface area contributed by atoms with Crippen LogP contribution in [0.15, 0.2) is 64.2 Å². The van der Waals surface area contributed by atoms with Gasteiger partial charge in [-0.05, 0) is 55.0 Å². The molecule has 3 aromatic rings. The van der Waals surface area contributed by atoms with E-state index in [0.717, 1.165) is 46.9 Å². The molecule has 3 aliphatic heterocycles. The maximum absolute atomic E-state index is 13.9. The Morgan fingerprint density at radius 1 is 1.00 bits per heavy atom. The molecule has 2 saturated heterocycles. The van der Waals surface area contributed by atoms with Crippen molar-refractivity contribution < 1.29 is 18.8 Å². The van der Waals surface area contributed by atoms with Gasteiger partial charge >= 0.3 is 0 Å². The summed E-state index contributed by atoms with van der Waals surface area (Å²) in [6.07, 6.45) is 5.63. The Morgan fingerprint density at radius 3 is 2.42 bits per heavy atom. The highest BCUT2D eigenvalue weighted by Gasteiger charge is 2.51. The molecular formula is C30H30N4O4. The Kier molecular flexibility index (Phi) is 5.39. The van der Waals surface area contributed by atoms with E-state index < -0.39 is 5.54 Å². The second-order valence-corrected chi connectivity index (χ2v) is 11.2. The lowest BCUT2D eigenvalue weighted by atomic mass is 9.87. The van der Waals surface area contributed by atoms with Gasteiger partial charge in [-0.15, -0.1) is 0 Å². The smallest absolute Gasteiger partial charge is 0.256 e. The van der Waals surface area contributed by atoms with Crippen LogP contribution in [0, 0.1) is 11.8 Å². The van der Waals surface area contributed by atoms with Gasteiger partial charge in [-0.3, -0.25) is 24.3 Å². The van der Waals surface area contributed by atoms with E-state index in [1.54, 1.807) is 11.2 Å². The number of carbonyl (C=O) groups is 3. The molecule has 1 aromatic heterocycles. The Morgan fingerprint density at radius 2 is 1.71 bits per heavy atom. The molecule has 1 aliphatic carbocycles. The number of fused-ring (bicyclic) bond motifs is 1. The SMILES string of the molecule is O=CN1CCC2(CC1)N=C(c1ccc(-c3ccc4occc4c3)cc1)N(CC1CN(C(=O)C3CC3)C1)C2=O. The average Bonchev–Trinajstić information content (AvgIpc) is 3.62. The molecule has 3 amide bonds. The summed E-state index contributed by atoms with van der Waals surface area (Å²) in [6, 6.07) is 16.3. The number of amides is 3. The van der Waals surface area contributed by atoms with Crippen LogP contribution in [0.4, 0.5) is 0 Å². The molecule has 0 radical (unpaired) electrons. The fourth-order valence-electron chi connectivity index (χ4n) is 6.04. The minimum Gasteiger partial charge on any atom is -0.464 e. The highest BCUT2D eigenvalue weighted by Crippen LogP contribution is 2.38. The van der Waals surface area contributed by atoms with E-state index in [0.29, 0.717) is 51.4 Å². The molecule has 2 aromatic carbocycles. The summed E-state index contributed by atoms with van der Waals surface area (Å²) < 4.78 is 5.47. The second kappa shape index (κ2) is 8.82. The van der Waals surface area contributed by atoms with E-state index in [1.165, 1.54) is 0 Å². The fourth-order valence-corrected chi connectivity index (χ4v) is 6.04. The molecule has 1 saturated carbocycles. The molecule has 0 unspecified atom stereocenters. The summed E-state index contributed by atoms with van der Waals surface area (Å²) >= 11 is 0. The van der Waals surface area contributed by atoms with Gasteiger partial charge in [-0.1, -0.05) is 30.3 Å². The summed E-state index contributed by atoms with van der Waals surface area (Å²) in [4.78, 5) is 48.2. The summed E-state index contributed by atoms with van der Waals surface area (Å²) in [7, 11) is 0. The van der Waals surface area contributed by atoms with Gasteiger partial charge in [0.1, 0.15) is 17.0 Å². The number of hydrogen-bond donors (Lipinski definition) is 0. The number of rotatable bonds is 6. The number of nitrogens with zero attached hydrogens (tertiary/aromatic N) is 4. The zero-order chi connectivity index (χ0) is 25.9. The highest BCUT2D eigenvalue weighted by atomic mass is 16.3. The lowest BCUT2D eigenvalue weighted by Gasteiger charge is -2.42. The number of aliphatic imine (C=N–C) groups is 1. The van der Waals surface area contributed by atoms with Gasteiger partial charge in [0, 0.05) is 55.5 Å². The number of hydrogen-bond acceptors (Lipinski definition) is 5. The number of amidine groups is 1. The maximum Gasteiger partial charge on any atom is 0.256 e. The van der Waals surface area contributed by atoms with Crippen molar-refractivity contribution >= 4 is 35.0 Å². The largest absolute Gasteiger partial charge is 0.464 e. The van der Waals surface area contributed by atoms with Crippen molar-refractivity contribution in [2.75, 3.05) is 32.7 Å². The van der Waals surface area contributed by atoms with E-state index >= 15 is 0 Å². The summed E-state index contributed by atoms with van der Waals surface area (Å²) in [6.45, 7) is 3.02. The predicted octanol–water partition coefficient (Wildman–Crippen LogP) is 3.55. The first-order chi connectivity index (χ1) is 18.5. The monoisotopic (exact) mass is 510 g/mol. The first kappa shape index (κ1) is 23.2. The van der Waals surface area contributed by atoms with Crippen molar-refractivity contribution in [2.45, 2.75) is 31.2 Å². The minimum atomic E-state index is -0.812. The minimum absolute atomic E-state index is 0.0273. The molecule has 0 bridgehead atoms. The van der Waals surface area contributed by atoms with E-state index in [9.17, 15) is 14.4 Å². The molecule has 1 spiro atoms. The fraction of sp³-hybridized carbons (Fsp3) is 0.400. The molecule has 0 atom stereocenters. The van der Waals surface area contributed by atoms with Gasteiger partial charge in [0.25, 0.3) is 5.91 Å². The lowest BCUT2D eigenvalue weighted by molar-refractivity contribution is -0.140. The summed E-state index contributed by atoms with van der Waals surface area (Å²) in [5, 5.41) is 1.06. The first-order valence-corrected chi connectivity index (χ1v) is 13.5. The van der Waals surface area contributed by atoms with Crippen molar-refractivity contribution in [3.8, 4) is 11.1 Å². The lowest BCUT2D eigenvalue weighted by Crippen LogP contribution is -2.56. The molecule has 8 nitrogen and oxygen atoms in total. The Bertz CT molecular complexity index is 1440. The van der Waals surface area contributed by atoms with Crippen LogP contribution in [0.2, 0.25) is 0 Å². The van der Waals surface area contributed by atoms with E-state index in [1.807, 2.05) is 40.1 Å². The number of carbonyl (C=O) groups excluding carboxylic acids is 3. The van der Waals surface area contributed by atoms with Crippen LogP contribution in [-0.2, 0) is 14.4 Å². The molecule has 194 valence electrons. The normalized spacial score (nSPS) is 21.2. The van der Waals surface area contributed by atoms with Crippen LogP contribution >= 0.6 is 0 Å². The van der Waals surface area contributed by atoms with Gasteiger partial charge in [0.2, 0.25) is 12.3 Å². The number of benzene rings is 2. The Labute approximate surface area is 220 Å². The topological polar surface area (TPSA) is 86.4 Å². The molecule has 0 N–H and O–H groups in total. The Hall–Kier alpha value is -3.94. The van der Waals surface area contributed by atoms with E-state index in [-0.39, 0.29) is 23.7 Å². The number of piperidine rings is 1. The van der Waals surface area contributed by atoms with E-state index in [4.69, 9.17) is 9.41 Å². The second-order valence-electron chi connectivity index (χ2n) is 11.2. The molecule has 4 aliphatic rings. The number of likely N-dealkylation sites (tertiary alicyclic amines) is 2. The summed E-state index contributed by atoms with van der Waals surface area (Å²) in [5.74, 6) is 1.47. The van der Waals surface area contributed by atoms with E-state index in [2.05, 4.69) is 18.2 Å². The van der Waals surface area contributed by atoms with Gasteiger partial charge in [0.05, 0.1) is 6.26 Å². The summed E-state index contributed by atoms with van der Waals surface area (Å²) in [5.41, 5.74) is 3.13. The van der Waals surface area contributed by atoms with Crippen molar-refractivity contribution in [3.05, 3.63) is 60.4 Å². The maximum atomic E-state index is 13.9. The zero-order valence-electron chi connectivity index (χ0n) is 21.2. The van der Waals surface area contributed by atoms with Crippen molar-refractivity contribution in [1.29, 1.82) is 0 Å². The van der Waals surface area contributed by atoms with Crippen LogP contribution in [0.1, 0.15) is 31.2 Å². The molecular weight excluding hydrogens is 480 g/mol. The third kappa shape index (κ3) is 3.90. The van der Waals surface area contributed by atoms with Gasteiger partial charge in [-0.2, -0.15) is 0 Å². The van der Waals surface area contributed by atoms with Crippen molar-refractivity contribution in [3.63, 3.8) is 0 Å². The van der Waals surface area contributed by atoms with Crippen LogP contribution in [0.25, 0.3) is 22.1 Å². The van der Waals surface area contributed by atoms with Crippen LogP contribution in [0.3, 0.4) is 0 Å². The molecule has 7 rings (SSSR count). The van der Waals surface area contributed by atoms with Crippen LogP contribution in [-0.4, -0.2) is 77.0 Å². The molecule has 8 heteroatoms. The van der Waals surface area contributed by atoms with Crippen molar-refractivity contribution in [2.24, 2.45) is 16.8 Å². The Balaban J connectivity index is 1.15. The molecule has 3 fully saturated rings. The molecule has 38 heavy (non-hydrogen) atoms. The van der Waals surface area contributed by atoms with Gasteiger partial charge < -0.3 is 14.2 Å². The average molecular weight is 511 g/mol. The van der Waals surface area contributed by atoms with Crippen LogP contribution < -0.4 is 0 Å². The molecule has 4 heterocycles. The van der Waals surface area contributed by atoms with Crippen molar-refractivity contribution in [1.82, 2.24) is 14.7 Å². The van der Waals surface area contributed by atoms with Gasteiger partial charge in [0.15, 0.2) is 0 Å². The standard InChI is InChI=1S/C30H30N4O4/c35-19-32-12-10-30(11-13-32)29(37)34(18-20-16-33(17-20)28(36)23-5-6-23)27(31-30)22-3-1-21(2-4-22)24-7-8-26-25(15-24)9-14-38-26/h1-4,7-9,14-15,19-20,23H,5-6,10-13,16-18H2. The zero-order valence-corrected chi connectivity index (χ0v) is 21.2. The van der Waals surface area contributed by atoms with Gasteiger partial charge in [-0.25, -0.2) is 0 Å². The predicted molar refractivity (Wildman–Crippen MR) is 142 cm³/mol. The van der Waals surface area contributed by atoms with Crippen LogP contribution in [0.5, 0.6) is 0 Å². The first-order valence-electron chi connectivity index (χ1n) is 13.5. The highest BCUT2D eigenvalue weighted by molar-refractivity contribution is 6.15.